The maximum Gasteiger partial charge on any atom is 0.295 e. The van der Waals surface area contributed by atoms with E-state index in [9.17, 15) is 9.90 Å². The van der Waals surface area contributed by atoms with Crippen LogP contribution in [-0.4, -0.2) is 23.8 Å². The largest absolute Gasteiger partial charge is 0.507 e. The molecule has 0 fully saturated rings. The van der Waals surface area contributed by atoms with Crippen LogP contribution in [0.2, 0.25) is 0 Å². The molecule has 0 heterocycles. The highest BCUT2D eigenvalue weighted by Crippen LogP contribution is 2.19. The predicted octanol–water partition coefficient (Wildman–Crippen LogP) is 2.89. The minimum Gasteiger partial charge on any atom is -0.507 e. The lowest BCUT2D eigenvalue weighted by Crippen LogP contribution is -3.10. The van der Waals surface area contributed by atoms with Gasteiger partial charge in [-0.1, -0.05) is 76.6 Å². The molecule has 0 saturated carbocycles. The van der Waals surface area contributed by atoms with Crippen molar-refractivity contribution < 1.29 is 14.8 Å². The first-order valence-electron chi connectivity index (χ1n) is 9.32. The van der Waals surface area contributed by atoms with Gasteiger partial charge in [0.2, 0.25) is 0 Å². The van der Waals surface area contributed by atoms with E-state index in [2.05, 4.69) is 50.7 Å². The number of phenolic OH excluding ortho intramolecular Hbond substituents is 1. The molecule has 0 aromatic heterocycles. The Balaban J connectivity index is 1.63. The number of aromatic hydroxyl groups is 1. The number of nitrogens with one attached hydrogen (secondary N) is 2. The summed E-state index contributed by atoms with van der Waals surface area (Å²) in [7, 11) is 0. The van der Waals surface area contributed by atoms with E-state index in [0.717, 1.165) is 22.5 Å². The average Bonchev–Trinajstić information content (AvgIpc) is 2.72. The van der Waals surface area contributed by atoms with Crippen molar-refractivity contribution in [2.75, 3.05) is 6.54 Å². The van der Waals surface area contributed by atoms with Crippen LogP contribution in [0.3, 0.4) is 0 Å². The molecule has 3 N–H and O–H groups in total. The van der Waals surface area contributed by atoms with Gasteiger partial charge in [0.05, 0.1) is 6.21 Å². The second kappa shape index (κ2) is 10.5. The SMILES string of the molecule is O=C(C[NH+](Cc1ccccc1)Cc1ccccc1)N/N=C/c1cc(Br)ccc1O. The van der Waals surface area contributed by atoms with Crippen LogP contribution in [0.5, 0.6) is 5.75 Å². The second-order valence-electron chi connectivity index (χ2n) is 6.75. The Morgan fingerprint density at radius 3 is 2.14 bits per heavy atom. The topological polar surface area (TPSA) is 66.1 Å². The van der Waals surface area contributed by atoms with E-state index in [-0.39, 0.29) is 18.2 Å². The smallest absolute Gasteiger partial charge is 0.295 e. The second-order valence-corrected chi connectivity index (χ2v) is 7.66. The Hall–Kier alpha value is -2.96. The zero-order chi connectivity index (χ0) is 20.5. The van der Waals surface area contributed by atoms with Gasteiger partial charge in [0.15, 0.2) is 6.54 Å². The quantitative estimate of drug-likeness (QED) is 0.363. The molecule has 29 heavy (non-hydrogen) atoms. The van der Waals surface area contributed by atoms with Crippen LogP contribution < -0.4 is 10.3 Å². The number of hydrogen-bond acceptors (Lipinski definition) is 3. The maximum absolute atomic E-state index is 12.5. The highest BCUT2D eigenvalue weighted by atomic mass is 79.9. The summed E-state index contributed by atoms with van der Waals surface area (Å²) >= 11 is 3.35. The van der Waals surface area contributed by atoms with E-state index < -0.39 is 0 Å². The molecule has 3 aromatic carbocycles. The summed E-state index contributed by atoms with van der Waals surface area (Å²) in [4.78, 5) is 13.6. The number of rotatable bonds is 8. The fraction of sp³-hybridized carbons (Fsp3) is 0.130. The highest BCUT2D eigenvalue weighted by Gasteiger charge is 2.15. The zero-order valence-corrected chi connectivity index (χ0v) is 17.5. The molecule has 0 atom stereocenters. The third kappa shape index (κ3) is 6.85. The Bertz CT molecular complexity index is 921. The van der Waals surface area contributed by atoms with Crippen molar-refractivity contribution in [1.29, 1.82) is 0 Å². The van der Waals surface area contributed by atoms with E-state index in [1.807, 2.05) is 36.4 Å². The fourth-order valence-corrected chi connectivity index (χ4v) is 3.40. The first kappa shape index (κ1) is 20.8. The number of amides is 1. The van der Waals surface area contributed by atoms with Crippen LogP contribution in [-0.2, 0) is 17.9 Å². The van der Waals surface area contributed by atoms with Crippen LogP contribution in [0.4, 0.5) is 0 Å². The summed E-state index contributed by atoms with van der Waals surface area (Å²) in [5.41, 5.74) is 5.44. The van der Waals surface area contributed by atoms with Crippen molar-refractivity contribution in [2.24, 2.45) is 5.10 Å². The van der Waals surface area contributed by atoms with E-state index >= 15 is 0 Å². The van der Waals surface area contributed by atoms with Crippen LogP contribution in [0, 0.1) is 0 Å². The molecule has 1 amide bonds. The van der Waals surface area contributed by atoms with Gasteiger partial charge in [-0.25, -0.2) is 5.43 Å². The maximum atomic E-state index is 12.5. The van der Waals surface area contributed by atoms with E-state index in [0.29, 0.717) is 5.56 Å². The number of carbonyl (C=O) groups excluding carboxylic acids is 1. The monoisotopic (exact) mass is 452 g/mol. The molecule has 5 nitrogen and oxygen atoms in total. The minimum atomic E-state index is -0.183. The molecule has 0 aliphatic heterocycles. The third-order valence-electron chi connectivity index (χ3n) is 4.39. The van der Waals surface area contributed by atoms with Crippen molar-refractivity contribution in [1.82, 2.24) is 5.43 Å². The molecule has 3 aromatic rings. The van der Waals surface area contributed by atoms with Gasteiger partial charge in [-0.3, -0.25) is 4.79 Å². The molecule has 0 aliphatic carbocycles. The van der Waals surface area contributed by atoms with Crippen molar-refractivity contribution in [3.63, 3.8) is 0 Å². The summed E-state index contributed by atoms with van der Waals surface area (Å²) in [6, 6.07) is 25.3. The van der Waals surface area contributed by atoms with Crippen molar-refractivity contribution >= 4 is 28.1 Å². The van der Waals surface area contributed by atoms with Crippen LogP contribution in [0.15, 0.2) is 88.4 Å². The molecule has 0 bridgehead atoms. The first-order chi connectivity index (χ1) is 14.1. The van der Waals surface area contributed by atoms with Crippen LogP contribution >= 0.6 is 15.9 Å². The van der Waals surface area contributed by atoms with Gasteiger partial charge in [0.25, 0.3) is 5.91 Å². The molecule has 0 spiro atoms. The normalized spacial score (nSPS) is 11.1. The van der Waals surface area contributed by atoms with Crippen LogP contribution in [0.1, 0.15) is 16.7 Å². The number of hydrogen-bond donors (Lipinski definition) is 3. The van der Waals surface area contributed by atoms with Gasteiger partial charge < -0.3 is 10.0 Å². The summed E-state index contributed by atoms with van der Waals surface area (Å²) in [5, 5.41) is 13.8. The average molecular weight is 453 g/mol. The van der Waals surface area contributed by atoms with Crippen molar-refractivity contribution in [3.8, 4) is 5.75 Å². The standard InChI is InChI=1S/C23H22BrN3O2/c24-21-11-12-22(28)20(13-21)14-25-26-23(29)17-27(15-18-7-3-1-4-8-18)16-19-9-5-2-6-10-19/h1-14,28H,15-17H2,(H,26,29)/p+1/b25-14+. The van der Waals surface area contributed by atoms with E-state index in [1.54, 1.807) is 18.2 Å². The first-order valence-corrected chi connectivity index (χ1v) is 10.1. The Kier molecular flexibility index (Phi) is 7.55. The van der Waals surface area contributed by atoms with Gasteiger partial charge in [0.1, 0.15) is 18.8 Å². The minimum absolute atomic E-state index is 0.103. The summed E-state index contributed by atoms with van der Waals surface area (Å²) in [6.07, 6.45) is 1.44. The molecular weight excluding hydrogens is 430 g/mol. The van der Waals surface area contributed by atoms with Crippen LogP contribution in [0.25, 0.3) is 0 Å². The van der Waals surface area contributed by atoms with Gasteiger partial charge in [-0.2, -0.15) is 5.10 Å². The van der Waals surface area contributed by atoms with Gasteiger partial charge in [-0.05, 0) is 18.2 Å². The number of halogens is 1. The fourth-order valence-electron chi connectivity index (χ4n) is 3.03. The van der Waals surface area contributed by atoms with Crippen molar-refractivity contribution in [3.05, 3.63) is 100 Å². The molecule has 6 heteroatoms. The number of quaternary nitrogens is 1. The van der Waals surface area contributed by atoms with Crippen molar-refractivity contribution in [2.45, 2.75) is 13.1 Å². The summed E-state index contributed by atoms with van der Waals surface area (Å²) < 4.78 is 0.824. The van der Waals surface area contributed by atoms with Gasteiger partial charge >= 0.3 is 0 Å². The molecule has 148 valence electrons. The molecule has 0 aliphatic rings. The third-order valence-corrected chi connectivity index (χ3v) is 4.88. The molecule has 3 rings (SSSR count). The molecular formula is C23H23BrN3O2+. The summed E-state index contributed by atoms with van der Waals surface area (Å²) in [6.45, 7) is 1.75. The lowest BCUT2D eigenvalue weighted by Gasteiger charge is -2.19. The summed E-state index contributed by atoms with van der Waals surface area (Å²) in [5.74, 6) is -0.0794. The molecule has 0 unspecified atom stereocenters. The highest BCUT2D eigenvalue weighted by molar-refractivity contribution is 9.10. The Morgan fingerprint density at radius 1 is 0.966 bits per heavy atom. The van der Waals surface area contributed by atoms with Gasteiger partial charge in [0, 0.05) is 21.2 Å². The Morgan fingerprint density at radius 2 is 1.55 bits per heavy atom. The van der Waals surface area contributed by atoms with Gasteiger partial charge in [-0.15, -0.1) is 0 Å². The lowest BCUT2D eigenvalue weighted by molar-refractivity contribution is -0.919. The predicted molar refractivity (Wildman–Crippen MR) is 118 cm³/mol. The van der Waals surface area contributed by atoms with E-state index in [4.69, 9.17) is 0 Å². The number of phenols is 1. The molecule has 0 radical (unpaired) electrons. The molecule has 0 saturated heterocycles. The zero-order valence-electron chi connectivity index (χ0n) is 15.9. The number of hydrazone groups is 1. The van der Waals surface area contributed by atoms with E-state index in [1.165, 1.54) is 17.3 Å². The Labute approximate surface area is 178 Å². The lowest BCUT2D eigenvalue weighted by atomic mass is 10.1. The number of benzene rings is 3. The number of nitrogens with zero attached hydrogens (tertiary/aromatic N) is 1. The number of carbonyl (C=O) groups is 1.